The van der Waals surface area contributed by atoms with E-state index in [9.17, 15) is 4.79 Å². The van der Waals surface area contributed by atoms with Crippen LogP contribution in [0.25, 0.3) is 0 Å². The molecule has 1 atom stereocenters. The zero-order valence-electron chi connectivity index (χ0n) is 18.5. The third-order valence-corrected chi connectivity index (χ3v) is 6.49. The van der Waals surface area contributed by atoms with E-state index in [2.05, 4.69) is 29.3 Å². The molecule has 2 aromatic carbocycles. The first-order chi connectivity index (χ1) is 15.6. The summed E-state index contributed by atoms with van der Waals surface area (Å²) in [6.45, 7) is 3.36. The molecule has 1 amide bonds. The third kappa shape index (κ3) is 5.07. The second-order valence-corrected chi connectivity index (χ2v) is 8.73. The minimum absolute atomic E-state index is 0.0489. The maximum atomic E-state index is 12.8. The number of carbonyl (C=O) groups excluding carboxylic acids is 1. The van der Waals surface area contributed by atoms with Crippen molar-refractivity contribution in [3.8, 4) is 11.5 Å². The number of aromatic nitrogens is 2. The molecule has 0 spiro atoms. The van der Waals surface area contributed by atoms with Crippen LogP contribution >= 0.6 is 11.8 Å². The van der Waals surface area contributed by atoms with Gasteiger partial charge in [0.1, 0.15) is 0 Å². The van der Waals surface area contributed by atoms with Gasteiger partial charge in [0.05, 0.1) is 20.0 Å². The molecule has 0 radical (unpaired) electrons. The Hall–Kier alpha value is -3.00. The number of benzene rings is 2. The smallest absolute Gasteiger partial charge is 0.277 e. The normalized spacial score (nSPS) is 14.0. The molecule has 32 heavy (non-hydrogen) atoms. The van der Waals surface area contributed by atoms with Gasteiger partial charge in [0.2, 0.25) is 11.8 Å². The van der Waals surface area contributed by atoms with Crippen molar-refractivity contribution in [1.82, 2.24) is 15.1 Å². The SMILES string of the molecule is COc1cc2c(cc1OC)CN(C(=O)CSc1nnc(CC(C)c3ccccc3)o1)CC2. The van der Waals surface area contributed by atoms with E-state index < -0.39 is 0 Å². The minimum Gasteiger partial charge on any atom is -0.493 e. The average molecular weight is 454 g/mol. The number of carbonyl (C=O) groups is 1. The molecule has 8 heteroatoms. The van der Waals surface area contributed by atoms with Crippen molar-refractivity contribution in [2.75, 3.05) is 26.5 Å². The van der Waals surface area contributed by atoms with Gasteiger partial charge < -0.3 is 18.8 Å². The lowest BCUT2D eigenvalue weighted by atomic mass is 9.98. The van der Waals surface area contributed by atoms with Crippen LogP contribution in [0.3, 0.4) is 0 Å². The number of methoxy groups -OCH3 is 2. The van der Waals surface area contributed by atoms with Gasteiger partial charge in [-0.1, -0.05) is 49.0 Å². The highest BCUT2D eigenvalue weighted by atomic mass is 32.2. The molecule has 0 saturated carbocycles. The van der Waals surface area contributed by atoms with Gasteiger partial charge >= 0.3 is 0 Å². The highest BCUT2D eigenvalue weighted by molar-refractivity contribution is 7.99. The van der Waals surface area contributed by atoms with Crippen molar-refractivity contribution < 1.29 is 18.7 Å². The third-order valence-electron chi connectivity index (χ3n) is 5.69. The van der Waals surface area contributed by atoms with Gasteiger partial charge in [0.25, 0.3) is 5.22 Å². The molecule has 7 nitrogen and oxygen atoms in total. The molecule has 3 aromatic rings. The summed E-state index contributed by atoms with van der Waals surface area (Å²) < 4.78 is 16.5. The van der Waals surface area contributed by atoms with Crippen LogP contribution in [0.15, 0.2) is 52.1 Å². The summed E-state index contributed by atoms with van der Waals surface area (Å²) in [6, 6.07) is 14.2. The number of amides is 1. The molecule has 1 unspecified atom stereocenters. The summed E-state index contributed by atoms with van der Waals surface area (Å²) in [5.41, 5.74) is 3.50. The Kier molecular flexibility index (Phi) is 6.99. The summed E-state index contributed by atoms with van der Waals surface area (Å²) in [4.78, 5) is 14.6. The Morgan fingerprint density at radius 3 is 2.56 bits per heavy atom. The highest BCUT2D eigenvalue weighted by Gasteiger charge is 2.23. The molecule has 1 aliphatic rings. The fraction of sp³-hybridized carbons (Fsp3) is 0.375. The number of hydrogen-bond donors (Lipinski definition) is 0. The molecule has 0 bridgehead atoms. The fourth-order valence-electron chi connectivity index (χ4n) is 3.85. The van der Waals surface area contributed by atoms with Crippen LogP contribution in [0.1, 0.15) is 35.4 Å². The molecule has 0 saturated heterocycles. The molecule has 0 aliphatic carbocycles. The van der Waals surface area contributed by atoms with Crippen LogP contribution in [0, 0.1) is 0 Å². The van der Waals surface area contributed by atoms with E-state index in [0.717, 1.165) is 17.7 Å². The van der Waals surface area contributed by atoms with Crippen molar-refractivity contribution in [2.24, 2.45) is 0 Å². The molecule has 0 N–H and O–H groups in total. The topological polar surface area (TPSA) is 77.7 Å². The summed E-state index contributed by atoms with van der Waals surface area (Å²) in [6.07, 6.45) is 1.45. The number of hydrogen-bond acceptors (Lipinski definition) is 7. The Balaban J connectivity index is 1.32. The predicted molar refractivity (Wildman–Crippen MR) is 122 cm³/mol. The van der Waals surface area contributed by atoms with Gasteiger partial charge in [-0.25, -0.2) is 0 Å². The number of thioether (sulfide) groups is 1. The summed E-state index contributed by atoms with van der Waals surface area (Å²) in [5.74, 6) is 2.57. The molecule has 4 rings (SSSR count). The monoisotopic (exact) mass is 453 g/mol. The molecular weight excluding hydrogens is 426 g/mol. The Morgan fingerprint density at radius 1 is 1.12 bits per heavy atom. The van der Waals surface area contributed by atoms with Crippen LogP contribution in [-0.4, -0.2) is 47.5 Å². The van der Waals surface area contributed by atoms with E-state index in [0.29, 0.717) is 36.4 Å². The van der Waals surface area contributed by atoms with Gasteiger partial charge in [-0.15, -0.1) is 10.2 Å². The lowest BCUT2D eigenvalue weighted by Crippen LogP contribution is -2.37. The Labute approximate surface area is 192 Å². The van der Waals surface area contributed by atoms with Gasteiger partial charge in [-0.05, 0) is 41.2 Å². The standard InChI is InChI=1S/C24H27N3O4S/c1-16(17-7-5-4-6-8-17)11-22-25-26-24(31-22)32-15-23(28)27-10-9-18-12-20(29-2)21(30-3)13-19(18)14-27/h4-8,12-13,16H,9-11,14-15H2,1-3H3. The van der Waals surface area contributed by atoms with Crippen molar-refractivity contribution in [1.29, 1.82) is 0 Å². The lowest BCUT2D eigenvalue weighted by Gasteiger charge is -2.29. The van der Waals surface area contributed by atoms with E-state index in [1.807, 2.05) is 35.2 Å². The van der Waals surface area contributed by atoms with Gasteiger partial charge in [-0.2, -0.15) is 0 Å². The van der Waals surface area contributed by atoms with Crippen LogP contribution in [0.5, 0.6) is 11.5 Å². The molecule has 1 aromatic heterocycles. The highest BCUT2D eigenvalue weighted by Crippen LogP contribution is 2.33. The van der Waals surface area contributed by atoms with Crippen molar-refractivity contribution in [3.63, 3.8) is 0 Å². The predicted octanol–water partition coefficient (Wildman–Crippen LogP) is 4.11. The second-order valence-electron chi connectivity index (χ2n) is 7.81. The van der Waals surface area contributed by atoms with E-state index in [1.54, 1.807) is 14.2 Å². The fourth-order valence-corrected chi connectivity index (χ4v) is 4.53. The number of nitrogens with zero attached hydrogens (tertiary/aromatic N) is 3. The van der Waals surface area contributed by atoms with Crippen LogP contribution in [0.2, 0.25) is 0 Å². The van der Waals surface area contributed by atoms with E-state index >= 15 is 0 Å². The summed E-state index contributed by atoms with van der Waals surface area (Å²) in [7, 11) is 3.25. The first-order valence-electron chi connectivity index (χ1n) is 10.6. The zero-order chi connectivity index (χ0) is 22.5. The number of rotatable bonds is 8. The maximum absolute atomic E-state index is 12.8. The van der Waals surface area contributed by atoms with E-state index in [-0.39, 0.29) is 17.6 Å². The maximum Gasteiger partial charge on any atom is 0.277 e. The second kappa shape index (κ2) is 10.1. The van der Waals surface area contributed by atoms with Crippen LogP contribution in [0.4, 0.5) is 0 Å². The van der Waals surface area contributed by atoms with E-state index in [1.165, 1.54) is 22.9 Å². The molecule has 1 aliphatic heterocycles. The Morgan fingerprint density at radius 2 is 1.84 bits per heavy atom. The largest absolute Gasteiger partial charge is 0.493 e. The molecule has 0 fully saturated rings. The van der Waals surface area contributed by atoms with Crippen molar-refractivity contribution in [2.45, 2.75) is 37.5 Å². The van der Waals surface area contributed by atoms with Crippen LogP contribution in [-0.2, 0) is 24.2 Å². The quantitative estimate of drug-likeness (QED) is 0.475. The first-order valence-corrected chi connectivity index (χ1v) is 11.6. The summed E-state index contributed by atoms with van der Waals surface area (Å²) >= 11 is 1.28. The molecule has 168 valence electrons. The lowest BCUT2D eigenvalue weighted by molar-refractivity contribution is -0.129. The zero-order valence-corrected chi connectivity index (χ0v) is 19.4. The van der Waals surface area contributed by atoms with Crippen molar-refractivity contribution >= 4 is 17.7 Å². The van der Waals surface area contributed by atoms with Crippen molar-refractivity contribution in [3.05, 3.63) is 65.0 Å². The van der Waals surface area contributed by atoms with Crippen LogP contribution < -0.4 is 9.47 Å². The molecular formula is C24H27N3O4S. The average Bonchev–Trinajstić information content (AvgIpc) is 3.28. The molecule has 2 heterocycles. The number of ether oxygens (including phenoxy) is 2. The van der Waals surface area contributed by atoms with E-state index in [4.69, 9.17) is 13.9 Å². The summed E-state index contributed by atoms with van der Waals surface area (Å²) in [5, 5.41) is 8.68. The number of fused-ring (bicyclic) bond motifs is 1. The minimum atomic E-state index is 0.0489. The first kappa shape index (κ1) is 22.2. The van der Waals surface area contributed by atoms with Gasteiger partial charge in [0.15, 0.2) is 11.5 Å². The van der Waals surface area contributed by atoms with Gasteiger partial charge in [0, 0.05) is 19.5 Å². The van der Waals surface area contributed by atoms with Gasteiger partial charge in [-0.3, -0.25) is 4.79 Å². The Bertz CT molecular complexity index is 1070.